The zero-order valence-corrected chi connectivity index (χ0v) is 39.0. The van der Waals surface area contributed by atoms with E-state index in [1.54, 1.807) is 0 Å². The second kappa shape index (κ2) is 20.1. The number of phenols is 1. The van der Waals surface area contributed by atoms with E-state index >= 15 is 0 Å². The molecule has 0 saturated heterocycles. The van der Waals surface area contributed by atoms with Crippen LogP contribution in [0.25, 0.3) is 27.2 Å². The molecule has 0 amide bonds. The summed E-state index contributed by atoms with van der Waals surface area (Å²) < 4.78 is 149. The molecule has 1 heterocycles. The average molecular weight is 1070 g/mol. The number of phenolic OH excluding ortho intramolecular Hbond substituents is 1. The van der Waals surface area contributed by atoms with Crippen LogP contribution in [0.3, 0.4) is 0 Å². The first-order valence-electron chi connectivity index (χ1n) is 19.6. The fourth-order valence-electron chi connectivity index (χ4n) is 6.69. The van der Waals surface area contributed by atoms with E-state index in [-0.39, 0.29) is 55.8 Å². The van der Waals surface area contributed by atoms with Crippen LogP contribution >= 0.6 is 0 Å². The van der Waals surface area contributed by atoms with Gasteiger partial charge in [-0.1, -0.05) is 18.2 Å². The van der Waals surface area contributed by atoms with Crippen molar-refractivity contribution in [3.05, 3.63) is 96.7 Å². The van der Waals surface area contributed by atoms with E-state index in [1.807, 2.05) is 0 Å². The molecule has 0 fully saturated rings. The number of hydrogen-bond acceptors (Lipinski definition) is 22. The quantitative estimate of drug-likeness (QED) is 0.0338. The van der Waals surface area contributed by atoms with Gasteiger partial charge < -0.3 is 35.0 Å². The van der Waals surface area contributed by atoms with Gasteiger partial charge in [0.15, 0.2) is 11.4 Å². The smallest absolute Gasteiger partial charge is 0.358 e. The Bertz CT molecular complexity index is 3900. The van der Waals surface area contributed by atoms with Gasteiger partial charge in [0.25, 0.3) is 40.5 Å². The van der Waals surface area contributed by atoms with Gasteiger partial charge in [-0.05, 0) is 66.0 Å². The molecule has 0 bridgehead atoms. The number of benzene rings is 6. The topological polar surface area (TPSA) is 446 Å². The molecule has 0 aliphatic heterocycles. The lowest BCUT2D eigenvalue weighted by molar-refractivity contribution is 0.0690. The Morgan fingerprint density at radius 1 is 0.569 bits per heavy atom. The summed E-state index contributed by atoms with van der Waals surface area (Å²) in [5, 5.41) is 77.7. The summed E-state index contributed by atoms with van der Waals surface area (Å²) in [6, 6.07) is 15.9. The van der Waals surface area contributed by atoms with Crippen molar-refractivity contribution in [3.63, 3.8) is 0 Å². The Morgan fingerprint density at radius 3 is 1.69 bits per heavy atom. The second-order valence-electron chi connectivity index (χ2n) is 14.4. The zero-order chi connectivity index (χ0) is 52.5. The lowest BCUT2D eigenvalue weighted by Gasteiger charge is -2.13. The summed E-state index contributed by atoms with van der Waals surface area (Å²) in [7, 11) is -19.9. The molecule has 376 valence electrons. The van der Waals surface area contributed by atoms with E-state index in [1.165, 1.54) is 12.1 Å². The molecular formula is C40H32N8O20S4. The van der Waals surface area contributed by atoms with Crippen molar-refractivity contribution in [2.75, 3.05) is 26.4 Å². The molecular weight excluding hydrogens is 1040 g/mol. The summed E-state index contributed by atoms with van der Waals surface area (Å²) in [4.78, 5) is 9.00. The van der Waals surface area contributed by atoms with Crippen molar-refractivity contribution in [1.82, 2.24) is 9.78 Å². The molecule has 7 aromatic rings. The second-order valence-corrected chi connectivity index (χ2v) is 20.0. The first kappa shape index (κ1) is 51.9. The number of carbonyl (C=O) groups is 1. The van der Waals surface area contributed by atoms with Crippen LogP contribution in [-0.4, -0.2) is 120 Å². The number of fused-ring (bicyclic) bond motifs is 2. The summed E-state index contributed by atoms with van der Waals surface area (Å²) >= 11 is 0. The SMILES string of the molecule is O=C(O)c1nn(-c2ccc3c(O)c(N=Nc4cc(OCCO)c(N=Nc5ccc6c(S(=O)(=O)O)cccc6c5S(=O)(=O)O)cc4OCCO)c(S(=O)(=O)O)cc3c2)c(O)c1N=Nc1ccc(S(=O)(=O)O)cc1. The van der Waals surface area contributed by atoms with Crippen LogP contribution < -0.4 is 9.47 Å². The molecule has 7 rings (SSSR count). The summed E-state index contributed by atoms with van der Waals surface area (Å²) in [6.45, 7) is -2.02. The van der Waals surface area contributed by atoms with Gasteiger partial charge in [-0.15, -0.1) is 25.6 Å². The third-order valence-electron chi connectivity index (χ3n) is 9.74. The van der Waals surface area contributed by atoms with Crippen LogP contribution in [-0.2, 0) is 40.5 Å². The normalized spacial score (nSPS) is 12.8. The van der Waals surface area contributed by atoms with Gasteiger partial charge in [0.1, 0.15) is 62.1 Å². The number of rotatable bonds is 18. The highest BCUT2D eigenvalue weighted by molar-refractivity contribution is 7.87. The maximum Gasteiger partial charge on any atom is 0.358 e. The van der Waals surface area contributed by atoms with Crippen molar-refractivity contribution < 1.29 is 91.7 Å². The van der Waals surface area contributed by atoms with Gasteiger partial charge in [-0.3, -0.25) is 18.2 Å². The number of hydrogen-bond donors (Lipinski definition) is 9. The monoisotopic (exact) mass is 1070 g/mol. The standard InChI is InChI=1S/C40H32N8O20S4/c49-12-14-67-30-19-29(31(68-15-13-50)18-28(30)43-42-27-11-10-25-26(38(27)72(64,65)66)2-1-3-32(25)70(58,59)60)44-45-34-33(71(61,62)63)17-20-16-22(6-9-24(20)37(34)51)48-39(52)35(36(47-48)40(53)54)46-41-21-4-7-23(8-5-21)69(55,56)57/h1-11,16-19,49-52H,12-15H2,(H,53,54)(H,55,56,57)(H,58,59,60)(H,61,62,63)(H,64,65,66). The number of aromatic carboxylic acids is 1. The van der Waals surface area contributed by atoms with E-state index in [9.17, 15) is 82.2 Å². The minimum Gasteiger partial charge on any atom is -0.505 e. The number of azo groups is 3. The predicted octanol–water partition coefficient (Wildman–Crippen LogP) is 6.26. The van der Waals surface area contributed by atoms with Crippen LogP contribution in [0.5, 0.6) is 23.1 Å². The molecule has 1 aromatic heterocycles. The maximum absolute atomic E-state index is 12.8. The number of aliphatic hydroxyl groups excluding tert-OH is 2. The van der Waals surface area contributed by atoms with Crippen LogP contribution in [0.1, 0.15) is 10.5 Å². The Hall–Kier alpha value is -7.92. The van der Waals surface area contributed by atoms with Crippen molar-refractivity contribution in [2.24, 2.45) is 30.7 Å². The third kappa shape index (κ3) is 11.0. The zero-order valence-electron chi connectivity index (χ0n) is 35.7. The van der Waals surface area contributed by atoms with Crippen LogP contribution in [0, 0.1) is 0 Å². The molecule has 0 aliphatic rings. The third-order valence-corrected chi connectivity index (χ3v) is 13.3. The van der Waals surface area contributed by atoms with Gasteiger partial charge in [-0.25, -0.2) is 4.79 Å². The number of ether oxygens (including phenoxy) is 2. The largest absolute Gasteiger partial charge is 0.505 e. The highest BCUT2D eigenvalue weighted by Crippen LogP contribution is 2.46. The van der Waals surface area contributed by atoms with Crippen LogP contribution in [0.15, 0.2) is 141 Å². The fourth-order valence-corrected chi connectivity index (χ4v) is 9.36. The number of aromatic nitrogens is 2. The fraction of sp³-hybridized carbons (Fsp3) is 0.100. The molecule has 72 heavy (non-hydrogen) atoms. The molecule has 0 unspecified atom stereocenters. The number of carboxylic acid groups (broad SMARTS) is 1. The van der Waals surface area contributed by atoms with E-state index < -0.39 is 127 Å². The van der Waals surface area contributed by atoms with E-state index in [0.29, 0.717) is 4.68 Å². The molecule has 9 N–H and O–H groups in total. The minimum absolute atomic E-state index is 0.0397. The molecule has 0 radical (unpaired) electrons. The highest BCUT2D eigenvalue weighted by Gasteiger charge is 2.28. The number of carboxylic acids is 1. The molecule has 0 spiro atoms. The minimum atomic E-state index is -5.30. The lowest BCUT2D eigenvalue weighted by atomic mass is 10.1. The summed E-state index contributed by atoms with van der Waals surface area (Å²) in [5.41, 5.74) is -3.76. The van der Waals surface area contributed by atoms with Crippen molar-refractivity contribution >= 4 is 102 Å². The Labute approximate surface area is 404 Å². The van der Waals surface area contributed by atoms with Gasteiger partial charge in [0.05, 0.1) is 29.5 Å². The Kier molecular flexibility index (Phi) is 14.5. The van der Waals surface area contributed by atoms with Crippen LogP contribution in [0.4, 0.5) is 34.1 Å². The van der Waals surface area contributed by atoms with E-state index in [2.05, 4.69) is 35.8 Å². The molecule has 32 heteroatoms. The van der Waals surface area contributed by atoms with E-state index in [0.717, 1.165) is 78.9 Å². The Morgan fingerprint density at radius 2 is 1.14 bits per heavy atom. The lowest BCUT2D eigenvalue weighted by Crippen LogP contribution is -2.04. The van der Waals surface area contributed by atoms with Gasteiger partial charge in [0, 0.05) is 28.3 Å². The predicted molar refractivity (Wildman–Crippen MR) is 245 cm³/mol. The van der Waals surface area contributed by atoms with Crippen molar-refractivity contribution in [3.8, 4) is 28.8 Å². The molecule has 28 nitrogen and oxygen atoms in total. The summed E-state index contributed by atoms with van der Waals surface area (Å²) in [6.07, 6.45) is 0. The maximum atomic E-state index is 12.8. The van der Waals surface area contributed by atoms with Gasteiger partial charge in [0.2, 0.25) is 11.6 Å². The first-order valence-corrected chi connectivity index (χ1v) is 25.4. The van der Waals surface area contributed by atoms with Gasteiger partial charge in [-0.2, -0.15) is 48.6 Å². The molecule has 6 aromatic carbocycles. The molecule has 0 aliphatic carbocycles. The highest BCUT2D eigenvalue weighted by atomic mass is 32.2. The number of aliphatic hydroxyl groups is 2. The number of nitrogens with zero attached hydrogens (tertiary/aromatic N) is 8. The van der Waals surface area contributed by atoms with E-state index in [4.69, 9.17) is 9.47 Å². The summed E-state index contributed by atoms with van der Waals surface area (Å²) in [5.74, 6) is -4.10. The van der Waals surface area contributed by atoms with Crippen LogP contribution in [0.2, 0.25) is 0 Å². The Balaban J connectivity index is 1.30. The van der Waals surface area contributed by atoms with Crippen molar-refractivity contribution in [1.29, 1.82) is 0 Å². The first-order chi connectivity index (χ1) is 33.8. The average Bonchev–Trinajstić information content (AvgIpc) is 3.65. The molecule has 0 saturated carbocycles. The number of aromatic hydroxyl groups is 2. The van der Waals surface area contributed by atoms with Gasteiger partial charge >= 0.3 is 5.97 Å². The van der Waals surface area contributed by atoms with Crippen molar-refractivity contribution in [2.45, 2.75) is 19.6 Å². The molecule has 0 atom stereocenters.